The SMILES string of the molecule is O=C(O)c1ccc(N2CCC(CCN3CCN(c4cc5c(cc4F)C(=O)N(C4CCCNC4=O)C5=O)CC3)CC2)nn1. The van der Waals surface area contributed by atoms with Gasteiger partial charge in [-0.15, -0.1) is 10.2 Å². The van der Waals surface area contributed by atoms with E-state index in [1.165, 1.54) is 12.1 Å². The molecule has 0 bridgehead atoms. The lowest BCUT2D eigenvalue weighted by Gasteiger charge is -2.38. The standard InChI is InChI=1S/C29H34FN7O5/c30-21-16-19-20(28(40)37(27(19)39)23-2-1-8-31-26(23)38)17-24(21)35-14-12-34(13-15-35)9-5-18-6-10-36(11-7-18)25-4-3-22(29(41)42)32-33-25/h3-4,16-18,23H,1-2,5-15H2,(H,31,38)(H,41,42). The van der Waals surface area contributed by atoms with Crippen LogP contribution in [0.4, 0.5) is 15.9 Å². The number of nitrogens with one attached hydrogen (secondary N) is 1. The van der Waals surface area contributed by atoms with Crippen molar-refractivity contribution in [3.63, 3.8) is 0 Å². The van der Waals surface area contributed by atoms with E-state index in [0.29, 0.717) is 49.9 Å². The second kappa shape index (κ2) is 11.6. The molecule has 1 unspecified atom stereocenters. The molecule has 4 aliphatic heterocycles. The highest BCUT2D eigenvalue weighted by Gasteiger charge is 2.44. The highest BCUT2D eigenvalue weighted by Crippen LogP contribution is 2.33. The van der Waals surface area contributed by atoms with Gasteiger partial charge in [-0.1, -0.05) is 0 Å². The zero-order valence-electron chi connectivity index (χ0n) is 23.3. The Bertz CT molecular complexity index is 1390. The van der Waals surface area contributed by atoms with E-state index in [4.69, 9.17) is 5.11 Å². The largest absolute Gasteiger partial charge is 0.476 e. The Balaban J connectivity index is 0.998. The molecule has 6 rings (SSSR count). The third kappa shape index (κ3) is 5.40. The lowest BCUT2D eigenvalue weighted by atomic mass is 9.93. The van der Waals surface area contributed by atoms with Gasteiger partial charge in [-0.25, -0.2) is 9.18 Å². The average Bonchev–Trinajstić information content (AvgIpc) is 3.24. The van der Waals surface area contributed by atoms with Gasteiger partial charge < -0.3 is 20.2 Å². The number of imide groups is 1. The number of aromatic nitrogens is 2. The number of halogens is 1. The molecule has 4 aliphatic rings. The van der Waals surface area contributed by atoms with Crippen LogP contribution >= 0.6 is 0 Å². The maximum absolute atomic E-state index is 15.2. The summed E-state index contributed by atoms with van der Waals surface area (Å²) in [5.41, 5.74) is 0.435. The molecule has 0 aliphatic carbocycles. The number of hydrogen-bond donors (Lipinski definition) is 2. The zero-order chi connectivity index (χ0) is 29.4. The maximum Gasteiger partial charge on any atom is 0.356 e. The number of piperidine rings is 2. The smallest absolute Gasteiger partial charge is 0.356 e. The molecule has 13 heteroatoms. The molecule has 12 nitrogen and oxygen atoms in total. The van der Waals surface area contributed by atoms with Crippen LogP contribution in [0, 0.1) is 11.7 Å². The fourth-order valence-corrected chi connectivity index (χ4v) is 6.43. The van der Waals surface area contributed by atoms with Gasteiger partial charge in [0.25, 0.3) is 11.8 Å². The summed E-state index contributed by atoms with van der Waals surface area (Å²) in [7, 11) is 0. The molecule has 1 aromatic heterocycles. The summed E-state index contributed by atoms with van der Waals surface area (Å²) in [6.45, 7) is 5.91. The normalized spacial score (nSPS) is 22.0. The summed E-state index contributed by atoms with van der Waals surface area (Å²) in [4.78, 5) is 56.9. The van der Waals surface area contributed by atoms with Crippen LogP contribution in [0.5, 0.6) is 0 Å². The summed E-state index contributed by atoms with van der Waals surface area (Å²) in [6, 6.07) is 4.96. The van der Waals surface area contributed by atoms with E-state index in [1.54, 1.807) is 6.07 Å². The minimum absolute atomic E-state index is 0.0219. The number of carboxylic acids is 1. The number of hydrogen-bond acceptors (Lipinski definition) is 9. The predicted octanol–water partition coefficient (Wildman–Crippen LogP) is 1.62. The summed E-state index contributed by atoms with van der Waals surface area (Å²) < 4.78 is 15.2. The molecule has 0 radical (unpaired) electrons. The molecule has 0 spiro atoms. The van der Waals surface area contributed by atoms with Crippen molar-refractivity contribution in [2.45, 2.75) is 38.1 Å². The van der Waals surface area contributed by atoms with E-state index in [-0.39, 0.29) is 22.7 Å². The molecule has 2 N–H and O–H groups in total. The first-order valence-corrected chi connectivity index (χ1v) is 14.6. The van der Waals surface area contributed by atoms with Crippen LogP contribution < -0.4 is 15.1 Å². The molecule has 2 aromatic rings. The Labute approximate surface area is 242 Å². The number of carboxylic acid groups (broad SMARTS) is 1. The maximum atomic E-state index is 15.2. The van der Waals surface area contributed by atoms with Crippen molar-refractivity contribution in [1.29, 1.82) is 0 Å². The second-order valence-corrected chi connectivity index (χ2v) is 11.4. The average molecular weight is 580 g/mol. The number of carbonyl (C=O) groups is 4. The molecule has 3 fully saturated rings. The highest BCUT2D eigenvalue weighted by molar-refractivity contribution is 6.23. The van der Waals surface area contributed by atoms with Crippen molar-refractivity contribution in [3.05, 3.63) is 46.9 Å². The molecule has 0 saturated carbocycles. The highest BCUT2D eigenvalue weighted by atomic mass is 19.1. The number of benzene rings is 1. The van der Waals surface area contributed by atoms with E-state index in [9.17, 15) is 19.2 Å². The van der Waals surface area contributed by atoms with Gasteiger partial charge in [-0.05, 0) is 68.8 Å². The number of amides is 3. The van der Waals surface area contributed by atoms with Crippen molar-refractivity contribution in [1.82, 2.24) is 25.3 Å². The fourth-order valence-electron chi connectivity index (χ4n) is 6.43. The summed E-state index contributed by atoms with van der Waals surface area (Å²) in [6.07, 6.45) is 4.19. The lowest BCUT2D eigenvalue weighted by molar-refractivity contribution is -0.126. The van der Waals surface area contributed by atoms with Crippen LogP contribution in [0.1, 0.15) is 63.3 Å². The minimum Gasteiger partial charge on any atom is -0.476 e. The number of fused-ring (bicyclic) bond motifs is 1. The Morgan fingerprint density at radius 2 is 1.64 bits per heavy atom. The van der Waals surface area contributed by atoms with Gasteiger partial charge in [0, 0.05) is 45.8 Å². The third-order valence-corrected chi connectivity index (χ3v) is 8.93. The predicted molar refractivity (Wildman–Crippen MR) is 150 cm³/mol. The number of aromatic carboxylic acids is 1. The van der Waals surface area contributed by atoms with Crippen LogP contribution in [-0.2, 0) is 4.79 Å². The summed E-state index contributed by atoms with van der Waals surface area (Å²) in [5, 5.41) is 19.6. The van der Waals surface area contributed by atoms with Gasteiger partial charge in [0.15, 0.2) is 11.5 Å². The van der Waals surface area contributed by atoms with Crippen molar-refractivity contribution in [2.24, 2.45) is 5.92 Å². The van der Waals surface area contributed by atoms with Crippen molar-refractivity contribution < 1.29 is 28.7 Å². The van der Waals surface area contributed by atoms with Gasteiger partial charge in [-0.2, -0.15) is 0 Å². The third-order valence-electron chi connectivity index (χ3n) is 8.93. The fraction of sp³-hybridized carbons (Fsp3) is 0.517. The second-order valence-electron chi connectivity index (χ2n) is 11.4. The lowest BCUT2D eigenvalue weighted by Crippen LogP contribution is -2.52. The Kier molecular flexibility index (Phi) is 7.76. The van der Waals surface area contributed by atoms with Gasteiger partial charge in [0.05, 0.1) is 16.8 Å². The summed E-state index contributed by atoms with van der Waals surface area (Å²) >= 11 is 0. The summed E-state index contributed by atoms with van der Waals surface area (Å²) in [5.74, 6) is -1.83. The minimum atomic E-state index is -1.09. The van der Waals surface area contributed by atoms with E-state index in [0.717, 1.165) is 63.0 Å². The molecular weight excluding hydrogens is 545 g/mol. The van der Waals surface area contributed by atoms with E-state index in [1.807, 2.05) is 4.90 Å². The molecule has 42 heavy (non-hydrogen) atoms. The van der Waals surface area contributed by atoms with E-state index in [2.05, 4.69) is 25.3 Å². The quantitative estimate of drug-likeness (QED) is 0.465. The molecule has 222 valence electrons. The number of anilines is 2. The first-order chi connectivity index (χ1) is 20.3. The molecular formula is C29H34FN7O5. The Morgan fingerprint density at radius 1 is 0.929 bits per heavy atom. The van der Waals surface area contributed by atoms with Crippen molar-refractivity contribution in [3.8, 4) is 0 Å². The van der Waals surface area contributed by atoms with Crippen LogP contribution in [0.2, 0.25) is 0 Å². The van der Waals surface area contributed by atoms with Crippen LogP contribution in [-0.4, -0.2) is 107 Å². The Morgan fingerprint density at radius 3 is 2.29 bits per heavy atom. The van der Waals surface area contributed by atoms with Crippen molar-refractivity contribution in [2.75, 3.05) is 62.2 Å². The molecule has 1 atom stereocenters. The molecule has 3 saturated heterocycles. The van der Waals surface area contributed by atoms with Gasteiger partial charge in [-0.3, -0.25) is 24.2 Å². The number of carbonyl (C=O) groups excluding carboxylic acids is 3. The van der Waals surface area contributed by atoms with Gasteiger partial charge in [0.2, 0.25) is 5.91 Å². The van der Waals surface area contributed by atoms with Crippen LogP contribution in [0.25, 0.3) is 0 Å². The van der Waals surface area contributed by atoms with E-state index >= 15 is 4.39 Å². The van der Waals surface area contributed by atoms with Crippen LogP contribution in [0.3, 0.4) is 0 Å². The monoisotopic (exact) mass is 579 g/mol. The van der Waals surface area contributed by atoms with Crippen molar-refractivity contribution >= 4 is 35.2 Å². The van der Waals surface area contributed by atoms with Crippen LogP contribution in [0.15, 0.2) is 24.3 Å². The Hall–Kier alpha value is -4.13. The number of nitrogens with zero attached hydrogens (tertiary/aromatic N) is 6. The first kappa shape index (κ1) is 28.0. The number of piperazine rings is 1. The molecule has 3 amide bonds. The topological polar surface area (TPSA) is 139 Å². The molecule has 1 aromatic carbocycles. The zero-order valence-corrected chi connectivity index (χ0v) is 23.3. The van der Waals surface area contributed by atoms with E-state index < -0.39 is 29.6 Å². The molecule has 5 heterocycles. The van der Waals surface area contributed by atoms with Gasteiger partial charge in [0.1, 0.15) is 11.9 Å². The van der Waals surface area contributed by atoms with Gasteiger partial charge >= 0.3 is 5.97 Å². The first-order valence-electron chi connectivity index (χ1n) is 14.6. The number of rotatable bonds is 7.